The number of nitrogens with zero attached hydrogens (tertiary/aromatic N) is 4. The van der Waals surface area contributed by atoms with E-state index in [0.29, 0.717) is 17.1 Å². The van der Waals surface area contributed by atoms with E-state index in [1.807, 2.05) is 24.4 Å². The van der Waals surface area contributed by atoms with Crippen molar-refractivity contribution in [2.75, 3.05) is 11.4 Å². The zero-order valence-corrected chi connectivity index (χ0v) is 22.1. The summed E-state index contributed by atoms with van der Waals surface area (Å²) >= 11 is 4.57. The normalized spacial score (nSPS) is 14.5. The number of Topliss-reactive ketones (excluding diaryl/α,β-unsaturated/α-hetero) is 1. The Bertz CT molecular complexity index is 1390. The molecule has 1 aromatic carbocycles. The number of hydrogen-bond acceptors (Lipinski definition) is 8. The number of aromatic nitrogens is 3. The minimum absolute atomic E-state index is 0.00932. The summed E-state index contributed by atoms with van der Waals surface area (Å²) < 4.78 is 0. The van der Waals surface area contributed by atoms with Gasteiger partial charge >= 0.3 is 0 Å². The quantitative estimate of drug-likeness (QED) is 0.206. The molecule has 0 aliphatic carbocycles. The molecule has 0 bridgehead atoms. The molecule has 0 N–H and O–H groups in total. The first-order valence-corrected chi connectivity index (χ1v) is 14.0. The number of benzene rings is 1. The van der Waals surface area contributed by atoms with Crippen LogP contribution in [0.5, 0.6) is 0 Å². The Hall–Kier alpha value is -2.88. The zero-order valence-electron chi connectivity index (χ0n) is 19.6. The maximum absolute atomic E-state index is 13.1. The van der Waals surface area contributed by atoms with Crippen molar-refractivity contribution in [3.8, 4) is 21.1 Å². The Morgan fingerprint density at radius 1 is 0.971 bits per heavy atom. The first-order chi connectivity index (χ1) is 16.9. The second-order valence-corrected chi connectivity index (χ2v) is 11.6. The van der Waals surface area contributed by atoms with Crippen LogP contribution in [0.15, 0.2) is 52.3 Å². The summed E-state index contributed by atoms with van der Waals surface area (Å²) in [5, 5.41) is 13.1. The lowest BCUT2D eigenvalue weighted by Gasteiger charge is -2.16. The highest BCUT2D eigenvalue weighted by atomic mass is 32.2. The lowest BCUT2D eigenvalue weighted by molar-refractivity contribution is -0.117. The summed E-state index contributed by atoms with van der Waals surface area (Å²) in [4.78, 5) is 33.9. The van der Waals surface area contributed by atoms with Crippen LogP contribution < -0.4 is 4.90 Å². The van der Waals surface area contributed by atoms with Gasteiger partial charge in [-0.05, 0) is 85.5 Å². The molecule has 178 valence electrons. The van der Waals surface area contributed by atoms with Gasteiger partial charge in [0.15, 0.2) is 5.78 Å². The largest absolute Gasteiger partial charge is 0.312 e. The van der Waals surface area contributed by atoms with Crippen molar-refractivity contribution >= 4 is 51.8 Å². The summed E-state index contributed by atoms with van der Waals surface area (Å²) in [6.45, 7) is 6.72. The van der Waals surface area contributed by atoms with Gasteiger partial charge in [0, 0.05) is 24.2 Å². The molecule has 35 heavy (non-hydrogen) atoms. The van der Waals surface area contributed by atoms with Gasteiger partial charge < -0.3 is 4.90 Å². The number of hydrogen-bond donors (Lipinski definition) is 0. The smallest absolute Gasteiger partial charge is 0.227 e. The second-order valence-electron chi connectivity index (χ2n) is 8.48. The van der Waals surface area contributed by atoms with Crippen molar-refractivity contribution in [3.05, 3.63) is 63.8 Å². The van der Waals surface area contributed by atoms with Crippen molar-refractivity contribution in [1.29, 1.82) is 0 Å². The number of aryl methyl sites for hydroxylation is 2. The number of anilines is 1. The molecule has 0 saturated carbocycles. The lowest BCUT2D eigenvalue weighted by Crippen LogP contribution is -2.23. The predicted octanol–water partition coefficient (Wildman–Crippen LogP) is 6.44. The van der Waals surface area contributed by atoms with E-state index in [9.17, 15) is 9.59 Å². The molecule has 4 heterocycles. The Balaban J connectivity index is 1.39. The number of amides is 1. The summed E-state index contributed by atoms with van der Waals surface area (Å²) in [6, 6.07) is 11.4. The molecule has 1 atom stereocenters. The van der Waals surface area contributed by atoms with E-state index in [2.05, 4.69) is 41.6 Å². The molecule has 1 amide bonds. The van der Waals surface area contributed by atoms with Gasteiger partial charge in [-0.3, -0.25) is 9.59 Å². The van der Waals surface area contributed by atoms with E-state index in [0.717, 1.165) is 50.9 Å². The molecular formula is C26H24N4O2S3. The van der Waals surface area contributed by atoms with Crippen LogP contribution >= 0.6 is 34.4 Å². The van der Waals surface area contributed by atoms with E-state index in [1.165, 1.54) is 11.8 Å². The molecule has 0 radical (unpaired) electrons. The van der Waals surface area contributed by atoms with Gasteiger partial charge in [0.1, 0.15) is 11.4 Å². The Morgan fingerprint density at radius 2 is 1.63 bits per heavy atom. The van der Waals surface area contributed by atoms with E-state index in [-0.39, 0.29) is 16.9 Å². The molecule has 1 aliphatic rings. The maximum atomic E-state index is 13.1. The van der Waals surface area contributed by atoms with E-state index < -0.39 is 0 Å². The SMILES string of the molecule is Cc1ccsc1-c1nnc(S[C@H](C)C(=O)c2ccc(N3CCCC3=O)cc2)nc1-c1sccc1C. The van der Waals surface area contributed by atoms with Gasteiger partial charge in [-0.25, -0.2) is 4.98 Å². The highest BCUT2D eigenvalue weighted by Gasteiger charge is 2.24. The third-order valence-electron chi connectivity index (χ3n) is 6.01. The van der Waals surface area contributed by atoms with Crippen molar-refractivity contribution in [3.63, 3.8) is 0 Å². The highest BCUT2D eigenvalue weighted by molar-refractivity contribution is 8.00. The van der Waals surface area contributed by atoms with Gasteiger partial charge in [-0.2, -0.15) is 0 Å². The predicted molar refractivity (Wildman–Crippen MR) is 144 cm³/mol. The monoisotopic (exact) mass is 520 g/mol. The van der Waals surface area contributed by atoms with E-state index >= 15 is 0 Å². The fraction of sp³-hybridized carbons (Fsp3) is 0.269. The van der Waals surface area contributed by atoms with Crippen LogP contribution in [0.2, 0.25) is 0 Å². The molecule has 4 aromatic rings. The number of carbonyl (C=O) groups excluding carboxylic acids is 2. The summed E-state index contributed by atoms with van der Waals surface area (Å²) in [7, 11) is 0. The molecule has 1 saturated heterocycles. The second kappa shape index (κ2) is 10.0. The van der Waals surface area contributed by atoms with Crippen molar-refractivity contribution in [2.45, 2.75) is 44.0 Å². The van der Waals surface area contributed by atoms with Crippen LogP contribution in [0, 0.1) is 13.8 Å². The van der Waals surface area contributed by atoms with Gasteiger partial charge in [-0.15, -0.1) is 32.9 Å². The van der Waals surface area contributed by atoms with Crippen LogP contribution in [-0.2, 0) is 4.79 Å². The highest BCUT2D eigenvalue weighted by Crippen LogP contribution is 2.38. The van der Waals surface area contributed by atoms with Gasteiger partial charge in [0.25, 0.3) is 0 Å². The van der Waals surface area contributed by atoms with Crippen molar-refractivity contribution < 1.29 is 9.59 Å². The number of thioether (sulfide) groups is 1. The first-order valence-electron chi connectivity index (χ1n) is 11.4. The summed E-state index contributed by atoms with van der Waals surface area (Å²) in [5.74, 6) is 0.126. The number of ketones is 1. The molecule has 9 heteroatoms. The molecule has 0 unspecified atom stereocenters. The van der Waals surface area contributed by atoms with Crippen molar-refractivity contribution in [2.24, 2.45) is 0 Å². The molecule has 5 rings (SSSR count). The van der Waals surface area contributed by atoms with Gasteiger partial charge in [0.2, 0.25) is 11.1 Å². The van der Waals surface area contributed by atoms with Crippen LogP contribution in [0.4, 0.5) is 5.69 Å². The topological polar surface area (TPSA) is 76.1 Å². The van der Waals surface area contributed by atoms with E-state index in [4.69, 9.17) is 4.98 Å². The summed E-state index contributed by atoms with van der Waals surface area (Å²) in [6.07, 6.45) is 1.46. The van der Waals surface area contributed by atoms with Crippen LogP contribution in [0.3, 0.4) is 0 Å². The Morgan fingerprint density at radius 3 is 2.20 bits per heavy atom. The first kappa shape index (κ1) is 23.8. The molecule has 6 nitrogen and oxygen atoms in total. The minimum Gasteiger partial charge on any atom is -0.312 e. The molecule has 3 aromatic heterocycles. The minimum atomic E-state index is -0.386. The molecule has 1 fully saturated rings. The lowest BCUT2D eigenvalue weighted by atomic mass is 10.1. The summed E-state index contributed by atoms with van der Waals surface area (Å²) in [5.41, 5.74) is 5.31. The average Bonchev–Trinajstić information content (AvgIpc) is 3.60. The molecule has 0 spiro atoms. The zero-order chi connectivity index (χ0) is 24.5. The number of carbonyl (C=O) groups is 2. The third kappa shape index (κ3) is 4.80. The van der Waals surface area contributed by atoms with Crippen LogP contribution in [-0.4, -0.2) is 38.7 Å². The van der Waals surface area contributed by atoms with Crippen molar-refractivity contribution in [1.82, 2.24) is 15.2 Å². The molecule has 1 aliphatic heterocycles. The standard InChI is InChI=1S/C26H24N4O2S3/c1-15-10-13-33-24(15)21-22(25-16(2)11-14-34-25)28-29-26(27-21)35-17(3)23(32)18-6-8-19(9-7-18)30-12-4-5-20(30)31/h6-11,13-14,17H,4-5,12H2,1-3H3/t17-/m1/s1. The number of thiophene rings is 2. The Labute approximate surface area is 216 Å². The van der Waals surface area contributed by atoms with Crippen LogP contribution in [0.25, 0.3) is 21.1 Å². The van der Waals surface area contributed by atoms with E-state index in [1.54, 1.807) is 39.7 Å². The fourth-order valence-electron chi connectivity index (χ4n) is 4.08. The molecular weight excluding hydrogens is 497 g/mol. The Kier molecular flexibility index (Phi) is 6.82. The van der Waals surface area contributed by atoms with Gasteiger partial charge in [-0.1, -0.05) is 11.8 Å². The fourth-order valence-corrected chi connectivity index (χ4v) is 6.69. The maximum Gasteiger partial charge on any atom is 0.227 e. The van der Waals surface area contributed by atoms with Gasteiger partial charge in [0.05, 0.1) is 15.0 Å². The average molecular weight is 521 g/mol. The number of rotatable bonds is 7. The third-order valence-corrected chi connectivity index (χ3v) is 9.01. The van der Waals surface area contributed by atoms with Crippen LogP contribution in [0.1, 0.15) is 41.3 Å².